The second-order valence-electron chi connectivity index (χ2n) is 5.08. The molecule has 0 aliphatic carbocycles. The molecular formula is C16H20N2OS. The zero-order valence-corrected chi connectivity index (χ0v) is 12.8. The SMILES string of the molecule is CCc1cc(Cc2nc3c(s2)CNCC3)ccc1OC. The van der Waals surface area contributed by atoms with E-state index in [0.717, 1.165) is 38.1 Å². The summed E-state index contributed by atoms with van der Waals surface area (Å²) in [7, 11) is 1.73. The largest absolute Gasteiger partial charge is 0.496 e. The number of methoxy groups -OCH3 is 1. The molecular weight excluding hydrogens is 268 g/mol. The summed E-state index contributed by atoms with van der Waals surface area (Å²) in [4.78, 5) is 6.20. The van der Waals surface area contributed by atoms with Crippen LogP contribution >= 0.6 is 11.3 Å². The van der Waals surface area contributed by atoms with Crippen molar-refractivity contribution < 1.29 is 4.74 Å². The van der Waals surface area contributed by atoms with Crippen molar-refractivity contribution in [3.05, 3.63) is 44.9 Å². The fourth-order valence-corrected chi connectivity index (χ4v) is 3.77. The molecule has 0 saturated heterocycles. The molecule has 0 fully saturated rings. The highest BCUT2D eigenvalue weighted by molar-refractivity contribution is 7.11. The van der Waals surface area contributed by atoms with Gasteiger partial charge in [-0.2, -0.15) is 0 Å². The molecule has 1 N–H and O–H groups in total. The smallest absolute Gasteiger partial charge is 0.122 e. The first-order valence-electron chi connectivity index (χ1n) is 7.14. The summed E-state index contributed by atoms with van der Waals surface area (Å²) >= 11 is 1.85. The van der Waals surface area contributed by atoms with E-state index in [-0.39, 0.29) is 0 Å². The van der Waals surface area contributed by atoms with Gasteiger partial charge in [0.05, 0.1) is 17.8 Å². The topological polar surface area (TPSA) is 34.2 Å². The predicted octanol–water partition coefficient (Wildman–Crippen LogP) is 2.95. The Morgan fingerprint density at radius 1 is 1.40 bits per heavy atom. The summed E-state index contributed by atoms with van der Waals surface area (Å²) < 4.78 is 5.39. The van der Waals surface area contributed by atoms with Crippen molar-refractivity contribution in [2.45, 2.75) is 32.7 Å². The van der Waals surface area contributed by atoms with Crippen LogP contribution in [0.3, 0.4) is 0 Å². The van der Waals surface area contributed by atoms with Crippen molar-refractivity contribution in [3.8, 4) is 5.75 Å². The average molecular weight is 288 g/mol. The molecule has 3 nitrogen and oxygen atoms in total. The molecule has 0 unspecified atom stereocenters. The fraction of sp³-hybridized carbons (Fsp3) is 0.438. The lowest BCUT2D eigenvalue weighted by Gasteiger charge is -2.09. The predicted molar refractivity (Wildman–Crippen MR) is 82.7 cm³/mol. The van der Waals surface area contributed by atoms with Gasteiger partial charge in [-0.15, -0.1) is 11.3 Å². The molecule has 1 aliphatic heterocycles. The standard InChI is InChI=1S/C16H20N2OS/c1-3-12-8-11(4-5-14(12)19-2)9-16-18-13-6-7-17-10-15(13)20-16/h4-5,8,17H,3,6-7,9-10H2,1-2H3. The summed E-state index contributed by atoms with van der Waals surface area (Å²) in [6.07, 6.45) is 2.98. The quantitative estimate of drug-likeness (QED) is 0.939. The molecule has 1 aromatic heterocycles. The molecule has 2 aromatic rings. The van der Waals surface area contributed by atoms with E-state index in [9.17, 15) is 0 Å². The van der Waals surface area contributed by atoms with E-state index < -0.39 is 0 Å². The lowest BCUT2D eigenvalue weighted by Crippen LogP contribution is -2.22. The normalized spacial score (nSPS) is 14.1. The highest BCUT2D eigenvalue weighted by Gasteiger charge is 2.15. The monoisotopic (exact) mass is 288 g/mol. The van der Waals surface area contributed by atoms with Crippen molar-refractivity contribution >= 4 is 11.3 Å². The van der Waals surface area contributed by atoms with E-state index >= 15 is 0 Å². The number of aryl methyl sites for hydroxylation is 1. The van der Waals surface area contributed by atoms with Gasteiger partial charge in [0, 0.05) is 30.8 Å². The van der Waals surface area contributed by atoms with Gasteiger partial charge in [-0.25, -0.2) is 4.98 Å². The van der Waals surface area contributed by atoms with Crippen LogP contribution in [0.15, 0.2) is 18.2 Å². The van der Waals surface area contributed by atoms with Crippen molar-refractivity contribution in [3.63, 3.8) is 0 Å². The Morgan fingerprint density at radius 2 is 2.30 bits per heavy atom. The zero-order chi connectivity index (χ0) is 13.9. The van der Waals surface area contributed by atoms with Crippen molar-refractivity contribution in [2.24, 2.45) is 0 Å². The second kappa shape index (κ2) is 5.94. The van der Waals surface area contributed by atoms with E-state index in [1.165, 1.54) is 26.7 Å². The van der Waals surface area contributed by atoms with Gasteiger partial charge in [0.15, 0.2) is 0 Å². The first kappa shape index (κ1) is 13.6. The first-order valence-corrected chi connectivity index (χ1v) is 7.95. The second-order valence-corrected chi connectivity index (χ2v) is 6.25. The van der Waals surface area contributed by atoms with Gasteiger partial charge in [0.1, 0.15) is 5.75 Å². The van der Waals surface area contributed by atoms with Crippen LogP contribution in [0, 0.1) is 0 Å². The number of nitrogens with one attached hydrogen (secondary N) is 1. The summed E-state index contributed by atoms with van der Waals surface area (Å²) in [5.41, 5.74) is 3.89. The molecule has 2 heterocycles. The number of fused-ring (bicyclic) bond motifs is 1. The number of ether oxygens (including phenoxy) is 1. The van der Waals surface area contributed by atoms with Crippen molar-refractivity contribution in [2.75, 3.05) is 13.7 Å². The third kappa shape index (κ3) is 2.72. The minimum atomic E-state index is 0.925. The third-order valence-electron chi connectivity index (χ3n) is 3.73. The van der Waals surface area contributed by atoms with E-state index in [1.54, 1.807) is 7.11 Å². The van der Waals surface area contributed by atoms with Gasteiger partial charge in [0.2, 0.25) is 0 Å². The van der Waals surface area contributed by atoms with Crippen LogP contribution in [-0.4, -0.2) is 18.6 Å². The molecule has 1 aliphatic rings. The van der Waals surface area contributed by atoms with Crippen LogP contribution in [0.1, 0.15) is 33.6 Å². The molecule has 3 rings (SSSR count). The Morgan fingerprint density at radius 3 is 3.05 bits per heavy atom. The fourth-order valence-electron chi connectivity index (χ4n) is 2.65. The molecule has 0 amide bonds. The minimum Gasteiger partial charge on any atom is -0.496 e. The van der Waals surface area contributed by atoms with Gasteiger partial charge < -0.3 is 10.1 Å². The number of hydrogen-bond donors (Lipinski definition) is 1. The first-order chi connectivity index (χ1) is 9.80. The molecule has 4 heteroatoms. The van der Waals surface area contributed by atoms with Gasteiger partial charge in [-0.3, -0.25) is 0 Å². The number of nitrogens with zero attached hydrogens (tertiary/aromatic N) is 1. The van der Waals surface area contributed by atoms with Crippen LogP contribution in [0.4, 0.5) is 0 Å². The van der Waals surface area contributed by atoms with Crippen LogP contribution in [0.5, 0.6) is 5.75 Å². The molecule has 106 valence electrons. The molecule has 0 spiro atoms. The number of hydrogen-bond acceptors (Lipinski definition) is 4. The minimum absolute atomic E-state index is 0.925. The van der Waals surface area contributed by atoms with E-state index in [0.29, 0.717) is 0 Å². The zero-order valence-electron chi connectivity index (χ0n) is 12.0. The highest BCUT2D eigenvalue weighted by atomic mass is 32.1. The molecule has 1 aromatic carbocycles. The maximum Gasteiger partial charge on any atom is 0.122 e. The highest BCUT2D eigenvalue weighted by Crippen LogP contribution is 2.26. The van der Waals surface area contributed by atoms with E-state index in [2.05, 4.69) is 30.4 Å². The maximum atomic E-state index is 5.39. The third-order valence-corrected chi connectivity index (χ3v) is 4.83. The Bertz CT molecular complexity index is 583. The summed E-state index contributed by atoms with van der Waals surface area (Å²) in [5.74, 6) is 0.985. The lowest BCUT2D eigenvalue weighted by atomic mass is 10.1. The van der Waals surface area contributed by atoms with Crippen molar-refractivity contribution in [1.29, 1.82) is 0 Å². The maximum absolute atomic E-state index is 5.39. The summed E-state index contributed by atoms with van der Waals surface area (Å²) in [6.45, 7) is 4.20. The van der Waals surface area contributed by atoms with E-state index in [4.69, 9.17) is 9.72 Å². The number of rotatable bonds is 4. The molecule has 20 heavy (non-hydrogen) atoms. The van der Waals surface area contributed by atoms with E-state index in [1.807, 2.05) is 11.3 Å². The number of aromatic nitrogens is 1. The number of benzene rings is 1. The summed E-state index contributed by atoms with van der Waals surface area (Å²) in [5, 5.41) is 4.63. The van der Waals surface area contributed by atoms with Gasteiger partial charge >= 0.3 is 0 Å². The molecule has 0 atom stereocenters. The lowest BCUT2D eigenvalue weighted by molar-refractivity contribution is 0.410. The van der Waals surface area contributed by atoms with Crippen LogP contribution < -0.4 is 10.1 Å². The van der Waals surface area contributed by atoms with Crippen LogP contribution in [0.2, 0.25) is 0 Å². The van der Waals surface area contributed by atoms with Gasteiger partial charge in [0.25, 0.3) is 0 Å². The average Bonchev–Trinajstić information content (AvgIpc) is 2.89. The molecule has 0 bridgehead atoms. The van der Waals surface area contributed by atoms with Crippen molar-refractivity contribution in [1.82, 2.24) is 10.3 Å². The summed E-state index contributed by atoms with van der Waals surface area (Å²) in [6, 6.07) is 6.47. The Kier molecular flexibility index (Phi) is 4.03. The molecule has 0 radical (unpaired) electrons. The number of thiazole rings is 1. The molecule has 0 saturated carbocycles. The van der Waals surface area contributed by atoms with Gasteiger partial charge in [-0.05, 0) is 23.6 Å². The Labute approximate surface area is 124 Å². The Balaban J connectivity index is 1.82. The van der Waals surface area contributed by atoms with Crippen LogP contribution in [0.25, 0.3) is 0 Å². The van der Waals surface area contributed by atoms with Crippen LogP contribution in [-0.2, 0) is 25.8 Å². The Hall–Kier alpha value is -1.39. The van der Waals surface area contributed by atoms with Gasteiger partial charge in [-0.1, -0.05) is 19.1 Å².